The number of imide groups is 1. The second-order valence-corrected chi connectivity index (χ2v) is 6.01. The molecule has 0 saturated carbocycles. The van der Waals surface area contributed by atoms with Crippen molar-refractivity contribution >= 4 is 46.2 Å². The third-order valence-electron chi connectivity index (χ3n) is 3.40. The third-order valence-corrected chi connectivity index (χ3v) is 3.80. The molecule has 2 amide bonds. The van der Waals surface area contributed by atoms with Gasteiger partial charge in [0.25, 0.3) is 0 Å². The summed E-state index contributed by atoms with van der Waals surface area (Å²) in [5.74, 6) is -0.0889. The molecule has 21 heavy (non-hydrogen) atoms. The molecule has 1 N–H and O–H groups in total. The van der Waals surface area contributed by atoms with Crippen LogP contribution < -0.4 is 5.32 Å². The van der Waals surface area contributed by atoms with Crippen LogP contribution in [0.5, 0.6) is 0 Å². The highest BCUT2D eigenvalue weighted by Gasteiger charge is 2.32. The number of carbonyl (C=O) groups is 2. The number of pyridine rings is 1. The largest absolute Gasteiger partial charge is 0.299 e. The normalized spacial score (nSPS) is 20.6. The number of nitrogens with zero attached hydrogens (tertiary/aromatic N) is 3. The van der Waals surface area contributed by atoms with E-state index in [4.69, 9.17) is 23.2 Å². The maximum absolute atomic E-state index is 12.1. The highest BCUT2D eigenvalue weighted by atomic mass is 35.5. The Morgan fingerprint density at radius 1 is 1.48 bits per heavy atom. The molecular formula is C13H12Cl2N4O2. The number of aromatic nitrogens is 3. The summed E-state index contributed by atoms with van der Waals surface area (Å²) in [6.45, 7) is 1.77. The number of hydrogen-bond acceptors (Lipinski definition) is 4. The number of rotatable bonds is 2. The van der Waals surface area contributed by atoms with E-state index in [9.17, 15) is 9.59 Å². The van der Waals surface area contributed by atoms with E-state index in [-0.39, 0.29) is 18.2 Å². The summed E-state index contributed by atoms with van der Waals surface area (Å²) >= 11 is 12.1. The number of amides is 2. The van der Waals surface area contributed by atoms with Crippen molar-refractivity contribution in [3.63, 3.8) is 0 Å². The van der Waals surface area contributed by atoms with Gasteiger partial charge in [0.1, 0.15) is 17.4 Å². The minimum absolute atomic E-state index is 0.267. The fourth-order valence-corrected chi connectivity index (χ4v) is 2.80. The molecule has 1 fully saturated rings. The molecule has 3 heterocycles. The van der Waals surface area contributed by atoms with Crippen LogP contribution >= 0.6 is 23.2 Å². The zero-order valence-corrected chi connectivity index (χ0v) is 12.6. The van der Waals surface area contributed by atoms with Crippen molar-refractivity contribution in [3.05, 3.63) is 23.1 Å². The van der Waals surface area contributed by atoms with E-state index in [1.165, 1.54) is 6.20 Å². The molecule has 6 nitrogen and oxygen atoms in total. The maximum atomic E-state index is 12.1. The molecule has 1 aliphatic heterocycles. The minimum atomic E-state index is -0.544. The maximum Gasteiger partial charge on any atom is 0.249 e. The Hall–Kier alpha value is -1.66. The summed E-state index contributed by atoms with van der Waals surface area (Å²) in [6.07, 6.45) is 2.17. The molecule has 2 atom stereocenters. The minimum Gasteiger partial charge on any atom is -0.299 e. The monoisotopic (exact) mass is 326 g/mol. The summed E-state index contributed by atoms with van der Waals surface area (Å²) < 4.78 is 1.70. The Labute approximate surface area is 130 Å². The number of piperidine rings is 1. The van der Waals surface area contributed by atoms with Gasteiger partial charge < -0.3 is 0 Å². The Morgan fingerprint density at radius 2 is 2.24 bits per heavy atom. The van der Waals surface area contributed by atoms with Crippen molar-refractivity contribution in [2.45, 2.75) is 31.2 Å². The van der Waals surface area contributed by atoms with Crippen LogP contribution in [-0.4, -0.2) is 26.3 Å². The van der Waals surface area contributed by atoms with E-state index in [0.717, 1.165) is 0 Å². The Morgan fingerprint density at radius 3 is 2.90 bits per heavy atom. The van der Waals surface area contributed by atoms with Crippen LogP contribution in [0, 0.1) is 0 Å². The predicted octanol–water partition coefficient (Wildman–Crippen LogP) is 2.36. The molecule has 2 unspecified atom stereocenters. The first-order valence-corrected chi connectivity index (χ1v) is 7.30. The summed E-state index contributed by atoms with van der Waals surface area (Å²) in [5, 5.41) is 2.40. The van der Waals surface area contributed by atoms with Gasteiger partial charge in [0.2, 0.25) is 11.8 Å². The van der Waals surface area contributed by atoms with E-state index in [0.29, 0.717) is 28.4 Å². The quantitative estimate of drug-likeness (QED) is 0.678. The van der Waals surface area contributed by atoms with Gasteiger partial charge in [0.15, 0.2) is 5.65 Å². The molecule has 0 bridgehead atoms. The summed E-state index contributed by atoms with van der Waals surface area (Å²) in [5.41, 5.74) is 1.12. The van der Waals surface area contributed by atoms with Crippen molar-refractivity contribution in [1.29, 1.82) is 0 Å². The van der Waals surface area contributed by atoms with Crippen molar-refractivity contribution in [1.82, 2.24) is 19.9 Å². The van der Waals surface area contributed by atoms with Gasteiger partial charge in [-0.2, -0.15) is 0 Å². The van der Waals surface area contributed by atoms with Gasteiger partial charge in [0.05, 0.1) is 10.4 Å². The molecule has 0 aromatic carbocycles. The van der Waals surface area contributed by atoms with E-state index in [1.807, 2.05) is 0 Å². The highest BCUT2D eigenvalue weighted by Crippen LogP contribution is 2.31. The summed E-state index contributed by atoms with van der Waals surface area (Å²) in [6, 6.07) is 1.13. The smallest absolute Gasteiger partial charge is 0.249 e. The molecular weight excluding hydrogens is 315 g/mol. The lowest BCUT2D eigenvalue weighted by Gasteiger charge is -2.24. The SMILES string of the molecule is CC(Cl)c1nc2cc(Cl)cnc2n1C1CCC(=O)NC1=O. The molecule has 110 valence electrons. The standard InChI is InChI=1S/C13H12Cl2N4O2/c1-6(14)11-17-8-4-7(15)5-16-12(8)19(11)9-2-3-10(20)18-13(9)21/h4-6,9H,2-3H2,1H3,(H,18,20,21). The van der Waals surface area contributed by atoms with Crippen LogP contribution in [-0.2, 0) is 9.59 Å². The molecule has 0 aliphatic carbocycles. The van der Waals surface area contributed by atoms with Crippen molar-refractivity contribution in [3.8, 4) is 0 Å². The number of alkyl halides is 1. The molecule has 3 rings (SSSR count). The number of nitrogens with one attached hydrogen (secondary N) is 1. The molecule has 1 saturated heterocycles. The molecule has 8 heteroatoms. The van der Waals surface area contributed by atoms with Gasteiger partial charge in [-0.1, -0.05) is 11.6 Å². The molecule has 2 aromatic heterocycles. The summed E-state index contributed by atoms with van der Waals surface area (Å²) in [4.78, 5) is 32.1. The van der Waals surface area contributed by atoms with Crippen LogP contribution in [0.15, 0.2) is 12.3 Å². The van der Waals surface area contributed by atoms with E-state index < -0.39 is 11.4 Å². The fraction of sp³-hybridized carbons (Fsp3) is 0.385. The first-order valence-electron chi connectivity index (χ1n) is 6.48. The Balaban J connectivity index is 2.17. The first kappa shape index (κ1) is 14.3. The van der Waals surface area contributed by atoms with Gasteiger partial charge in [-0.25, -0.2) is 9.97 Å². The van der Waals surface area contributed by atoms with E-state index >= 15 is 0 Å². The second kappa shape index (κ2) is 5.27. The zero-order valence-electron chi connectivity index (χ0n) is 11.1. The van der Waals surface area contributed by atoms with Crippen LogP contribution in [0.25, 0.3) is 11.2 Å². The lowest BCUT2D eigenvalue weighted by molar-refractivity contribution is -0.135. The third kappa shape index (κ3) is 2.49. The zero-order chi connectivity index (χ0) is 15.1. The van der Waals surface area contributed by atoms with Crippen molar-refractivity contribution in [2.75, 3.05) is 0 Å². The van der Waals surface area contributed by atoms with Crippen LogP contribution in [0.2, 0.25) is 5.02 Å². The predicted molar refractivity (Wildman–Crippen MR) is 78.2 cm³/mol. The van der Waals surface area contributed by atoms with Gasteiger partial charge in [-0.15, -0.1) is 11.6 Å². The van der Waals surface area contributed by atoms with Gasteiger partial charge >= 0.3 is 0 Å². The number of hydrogen-bond donors (Lipinski definition) is 1. The topological polar surface area (TPSA) is 76.9 Å². The van der Waals surface area contributed by atoms with Crippen LogP contribution in [0.4, 0.5) is 0 Å². The van der Waals surface area contributed by atoms with Gasteiger partial charge in [-0.05, 0) is 19.4 Å². The average Bonchev–Trinajstić information content (AvgIpc) is 2.77. The fourth-order valence-electron chi connectivity index (χ4n) is 2.49. The molecule has 2 aromatic rings. The molecule has 0 spiro atoms. The van der Waals surface area contributed by atoms with Crippen molar-refractivity contribution < 1.29 is 9.59 Å². The number of fused-ring (bicyclic) bond motifs is 1. The number of imidazole rings is 1. The Bertz CT molecular complexity index is 741. The van der Waals surface area contributed by atoms with Crippen LogP contribution in [0.1, 0.15) is 37.0 Å². The van der Waals surface area contributed by atoms with E-state index in [2.05, 4.69) is 15.3 Å². The van der Waals surface area contributed by atoms with Crippen molar-refractivity contribution in [2.24, 2.45) is 0 Å². The lowest BCUT2D eigenvalue weighted by atomic mass is 10.1. The van der Waals surface area contributed by atoms with Gasteiger partial charge in [-0.3, -0.25) is 19.5 Å². The van der Waals surface area contributed by atoms with Crippen LogP contribution in [0.3, 0.4) is 0 Å². The molecule has 0 radical (unpaired) electrons. The highest BCUT2D eigenvalue weighted by molar-refractivity contribution is 6.31. The number of carbonyl (C=O) groups excluding carboxylic acids is 2. The van der Waals surface area contributed by atoms with Gasteiger partial charge in [0, 0.05) is 12.6 Å². The summed E-state index contributed by atoms with van der Waals surface area (Å²) in [7, 11) is 0. The van der Waals surface area contributed by atoms with E-state index in [1.54, 1.807) is 17.6 Å². The number of halogens is 2. The molecule has 1 aliphatic rings. The second-order valence-electron chi connectivity index (χ2n) is 4.92. The Kier molecular flexibility index (Phi) is 3.59. The average molecular weight is 327 g/mol. The lowest BCUT2D eigenvalue weighted by Crippen LogP contribution is -2.42. The first-order chi connectivity index (χ1) is 9.97.